The Kier molecular flexibility index (Phi) is 7.41. The number of hydrogen-bond acceptors (Lipinski definition) is 7. The molecule has 0 fully saturated rings. The number of esters is 1. The van der Waals surface area contributed by atoms with E-state index in [-0.39, 0.29) is 12.4 Å². The molecule has 2 aromatic carbocycles. The standard InChI is InChI=1S/C25H28O7/c1-6-32-25(27)23-18(17-8-7-9-21(29-3)24(17)31-5)12-16(13-19(23)26)15-10-11-20(28-2)22(14-15)30-4/h7-11,13-14,18,23H,6,12H2,1-5H3/t18-,23+/m1/s1. The van der Waals surface area contributed by atoms with E-state index in [2.05, 4.69) is 0 Å². The van der Waals surface area contributed by atoms with Crippen molar-refractivity contribution in [3.05, 3.63) is 53.6 Å². The van der Waals surface area contributed by atoms with Crippen LogP contribution in [0.25, 0.3) is 5.57 Å². The van der Waals surface area contributed by atoms with Gasteiger partial charge in [0.2, 0.25) is 0 Å². The van der Waals surface area contributed by atoms with Gasteiger partial charge in [-0.25, -0.2) is 0 Å². The van der Waals surface area contributed by atoms with E-state index in [1.54, 1.807) is 40.4 Å². The Morgan fingerprint density at radius 3 is 2.28 bits per heavy atom. The molecule has 32 heavy (non-hydrogen) atoms. The smallest absolute Gasteiger partial charge is 0.317 e. The van der Waals surface area contributed by atoms with Gasteiger partial charge in [-0.15, -0.1) is 0 Å². The third-order valence-electron chi connectivity index (χ3n) is 5.59. The van der Waals surface area contributed by atoms with Crippen LogP contribution in [0.4, 0.5) is 0 Å². The average Bonchev–Trinajstić information content (AvgIpc) is 2.82. The number of benzene rings is 2. The van der Waals surface area contributed by atoms with Crippen molar-refractivity contribution in [2.75, 3.05) is 35.0 Å². The average molecular weight is 440 g/mol. The predicted molar refractivity (Wildman–Crippen MR) is 120 cm³/mol. The zero-order chi connectivity index (χ0) is 23.3. The maximum atomic E-state index is 13.2. The van der Waals surface area contributed by atoms with Crippen molar-refractivity contribution in [3.63, 3.8) is 0 Å². The van der Waals surface area contributed by atoms with Crippen molar-refractivity contribution < 1.29 is 33.3 Å². The molecule has 0 aliphatic heterocycles. The summed E-state index contributed by atoms with van der Waals surface area (Å²) in [5.74, 6) is -0.141. The van der Waals surface area contributed by atoms with Crippen LogP contribution in [0.3, 0.4) is 0 Å². The van der Waals surface area contributed by atoms with E-state index in [9.17, 15) is 9.59 Å². The molecule has 0 spiro atoms. The lowest BCUT2D eigenvalue weighted by Gasteiger charge is -2.31. The molecule has 0 amide bonds. The molecule has 2 atom stereocenters. The van der Waals surface area contributed by atoms with Crippen LogP contribution in [0.5, 0.6) is 23.0 Å². The van der Waals surface area contributed by atoms with Crippen LogP contribution in [0.15, 0.2) is 42.5 Å². The molecule has 0 radical (unpaired) electrons. The van der Waals surface area contributed by atoms with E-state index < -0.39 is 17.8 Å². The van der Waals surface area contributed by atoms with E-state index in [4.69, 9.17) is 23.7 Å². The minimum Gasteiger partial charge on any atom is -0.493 e. The van der Waals surface area contributed by atoms with Crippen molar-refractivity contribution in [2.24, 2.45) is 5.92 Å². The molecule has 170 valence electrons. The van der Waals surface area contributed by atoms with Gasteiger partial charge in [-0.05, 0) is 48.8 Å². The summed E-state index contributed by atoms with van der Waals surface area (Å²) < 4.78 is 27.0. The van der Waals surface area contributed by atoms with Crippen LogP contribution < -0.4 is 18.9 Å². The highest BCUT2D eigenvalue weighted by atomic mass is 16.5. The van der Waals surface area contributed by atoms with Crippen molar-refractivity contribution in [3.8, 4) is 23.0 Å². The van der Waals surface area contributed by atoms with Gasteiger partial charge in [0.15, 0.2) is 28.8 Å². The minimum atomic E-state index is -0.972. The molecule has 0 aromatic heterocycles. The number of rotatable bonds is 8. The number of carbonyl (C=O) groups excluding carboxylic acids is 2. The first-order valence-electron chi connectivity index (χ1n) is 10.3. The van der Waals surface area contributed by atoms with Gasteiger partial charge < -0.3 is 23.7 Å². The maximum absolute atomic E-state index is 13.2. The lowest BCUT2D eigenvalue weighted by molar-refractivity contribution is -0.151. The highest BCUT2D eigenvalue weighted by molar-refractivity contribution is 6.10. The van der Waals surface area contributed by atoms with Crippen LogP contribution in [-0.4, -0.2) is 46.8 Å². The van der Waals surface area contributed by atoms with Crippen LogP contribution in [0, 0.1) is 5.92 Å². The molecule has 1 aliphatic carbocycles. The third kappa shape index (κ3) is 4.42. The molecule has 0 saturated heterocycles. The SMILES string of the molecule is CCOC(=O)[C@@H]1C(=O)C=C(c2ccc(OC)c(OC)c2)C[C@@H]1c1cccc(OC)c1OC. The predicted octanol–water partition coefficient (Wildman–Crippen LogP) is 4.04. The van der Waals surface area contributed by atoms with Crippen LogP contribution in [0.2, 0.25) is 0 Å². The molecule has 7 heteroatoms. The number of allylic oxidation sites excluding steroid dienone is 2. The van der Waals surface area contributed by atoms with Crippen LogP contribution in [-0.2, 0) is 14.3 Å². The molecule has 0 saturated carbocycles. The minimum absolute atomic E-state index is 0.191. The van der Waals surface area contributed by atoms with E-state index >= 15 is 0 Å². The van der Waals surface area contributed by atoms with Crippen LogP contribution in [0.1, 0.15) is 30.4 Å². The number of carbonyl (C=O) groups is 2. The number of ketones is 1. The second kappa shape index (κ2) is 10.2. The summed E-state index contributed by atoms with van der Waals surface area (Å²) in [6.07, 6.45) is 1.94. The Labute approximate surface area is 187 Å². The summed E-state index contributed by atoms with van der Waals surface area (Å²) >= 11 is 0. The van der Waals surface area contributed by atoms with Crippen LogP contribution >= 0.6 is 0 Å². The normalized spacial score (nSPS) is 17.9. The van der Waals surface area contributed by atoms with Gasteiger partial charge in [-0.3, -0.25) is 9.59 Å². The highest BCUT2D eigenvalue weighted by Crippen LogP contribution is 2.46. The lowest BCUT2D eigenvalue weighted by atomic mass is 9.73. The Balaban J connectivity index is 2.12. The number of ether oxygens (including phenoxy) is 5. The first-order chi connectivity index (χ1) is 15.5. The topological polar surface area (TPSA) is 80.3 Å². The molecule has 0 bridgehead atoms. The number of hydrogen-bond donors (Lipinski definition) is 0. The van der Waals surface area contributed by atoms with E-state index in [1.165, 1.54) is 13.2 Å². The van der Waals surface area contributed by atoms with Gasteiger partial charge in [0.1, 0.15) is 5.92 Å². The fourth-order valence-corrected chi connectivity index (χ4v) is 4.12. The molecule has 0 heterocycles. The summed E-state index contributed by atoms with van der Waals surface area (Å²) in [5, 5.41) is 0. The third-order valence-corrected chi connectivity index (χ3v) is 5.59. The second-order valence-corrected chi connectivity index (χ2v) is 7.26. The molecular formula is C25H28O7. The Bertz CT molecular complexity index is 1020. The summed E-state index contributed by atoms with van der Waals surface area (Å²) in [4.78, 5) is 26.0. The van der Waals surface area contributed by atoms with Gasteiger partial charge in [0.05, 0.1) is 35.0 Å². The zero-order valence-electron chi connectivity index (χ0n) is 19.0. The first kappa shape index (κ1) is 23.2. The summed E-state index contributed by atoms with van der Waals surface area (Å²) in [6, 6.07) is 10.9. The van der Waals surface area contributed by atoms with E-state index in [0.717, 1.165) is 11.1 Å². The molecule has 1 aliphatic rings. The summed E-state index contributed by atoms with van der Waals surface area (Å²) in [7, 11) is 6.21. The molecule has 7 nitrogen and oxygen atoms in total. The zero-order valence-corrected chi connectivity index (χ0v) is 19.0. The maximum Gasteiger partial charge on any atom is 0.317 e. The number of para-hydroxylation sites is 1. The van der Waals surface area contributed by atoms with Crippen molar-refractivity contribution in [1.29, 1.82) is 0 Å². The highest BCUT2D eigenvalue weighted by Gasteiger charge is 2.41. The second-order valence-electron chi connectivity index (χ2n) is 7.26. The van der Waals surface area contributed by atoms with Gasteiger partial charge in [0, 0.05) is 11.5 Å². The van der Waals surface area contributed by atoms with Crippen molar-refractivity contribution in [2.45, 2.75) is 19.3 Å². The fraction of sp³-hybridized carbons (Fsp3) is 0.360. The first-order valence-corrected chi connectivity index (χ1v) is 10.3. The number of methoxy groups -OCH3 is 4. The summed E-state index contributed by atoms with van der Waals surface area (Å²) in [5.41, 5.74) is 2.31. The fourth-order valence-electron chi connectivity index (χ4n) is 4.12. The quantitative estimate of drug-likeness (QED) is 0.453. The molecule has 0 N–H and O–H groups in total. The molecule has 3 rings (SSSR count). The van der Waals surface area contributed by atoms with Gasteiger partial charge in [-0.2, -0.15) is 0 Å². The van der Waals surface area contributed by atoms with Gasteiger partial charge in [-0.1, -0.05) is 18.2 Å². The molecular weight excluding hydrogens is 412 g/mol. The lowest BCUT2D eigenvalue weighted by Crippen LogP contribution is -2.34. The Hall–Kier alpha value is -3.48. The van der Waals surface area contributed by atoms with Gasteiger partial charge >= 0.3 is 5.97 Å². The van der Waals surface area contributed by atoms with Crippen molar-refractivity contribution >= 4 is 17.3 Å². The van der Waals surface area contributed by atoms with Crippen molar-refractivity contribution in [1.82, 2.24) is 0 Å². The molecule has 0 unspecified atom stereocenters. The largest absolute Gasteiger partial charge is 0.493 e. The molecule has 2 aromatic rings. The summed E-state index contributed by atoms with van der Waals surface area (Å²) in [6.45, 7) is 1.91. The monoisotopic (exact) mass is 440 g/mol. The van der Waals surface area contributed by atoms with E-state index in [1.807, 2.05) is 24.3 Å². The van der Waals surface area contributed by atoms with E-state index in [0.29, 0.717) is 35.0 Å². The Morgan fingerprint density at radius 2 is 1.66 bits per heavy atom. The van der Waals surface area contributed by atoms with Gasteiger partial charge in [0.25, 0.3) is 0 Å². The Morgan fingerprint density at radius 1 is 0.938 bits per heavy atom.